The third-order valence-electron chi connectivity index (χ3n) is 28.4. The molecule has 702 valence electrons. The predicted octanol–water partition coefficient (Wildman–Crippen LogP) is 9.67. The molecule has 6 aliphatic carbocycles. The molecule has 7 aromatic carbocycles. The molecule has 15 rings (SSSR count). The van der Waals surface area contributed by atoms with Gasteiger partial charge in [0.25, 0.3) is 11.8 Å². The van der Waals surface area contributed by atoms with Gasteiger partial charge in [-0.25, -0.2) is 19.2 Å². The van der Waals surface area contributed by atoms with Crippen LogP contribution in [0.1, 0.15) is 179 Å². The number of Topliss-reactive ketones (excluding diaryl/α,β-unsaturated/α-hetero) is 2. The second kappa shape index (κ2) is 38.4. The van der Waals surface area contributed by atoms with Crippen molar-refractivity contribution in [2.24, 2.45) is 33.5 Å². The van der Waals surface area contributed by atoms with E-state index in [1.807, 2.05) is 30.3 Å². The number of fused-ring (bicyclic) bond motifs is 10. The van der Waals surface area contributed by atoms with E-state index in [0.29, 0.717) is 16.7 Å². The first-order valence-corrected chi connectivity index (χ1v) is 44.1. The SMILES string of the molecule is CC(=O)O[C@H]1C(=O)[C@@]2(C)C([C@H](OC(=O)c3ccccc3)[C@]3(O)C[C@H](OC(=O)[C@H](O)[C@@H](NC(=O)c4ccccc4)c4ccccc4)C(C)=C1C3(C)C)[C@]1(OC(C)=O)CO[C@@H]1C[C@@H]2O.CC(=O)O[C@H]1C(=O)[C@@]2(C)C([C@H](OC(=O)c3ccccc3)[C@]3(O)C[C@H](OC(=O)[C@H](OCOCc4ccccc4)[C@@H](NC(=O)c4ccccc4)c4ccccc4)C(C)=C1C3(C)C)[C@]1(OC(C)=O)CO[C@@H]1C[C@@H]2O. The molecule has 133 heavy (non-hydrogen) atoms. The van der Waals surface area contributed by atoms with Crippen LogP contribution >= 0.6 is 0 Å². The molecule has 6 fully saturated rings. The van der Waals surface area contributed by atoms with Crippen molar-refractivity contribution in [2.75, 3.05) is 20.0 Å². The van der Waals surface area contributed by atoms with E-state index in [1.165, 1.54) is 52.0 Å². The number of hydrogen-bond donors (Lipinski definition) is 7. The van der Waals surface area contributed by atoms with Gasteiger partial charge in [0.05, 0.1) is 77.9 Å². The summed E-state index contributed by atoms with van der Waals surface area (Å²) >= 11 is 0. The molecule has 8 aliphatic rings. The van der Waals surface area contributed by atoms with Crippen molar-refractivity contribution in [1.29, 1.82) is 0 Å². The van der Waals surface area contributed by atoms with Gasteiger partial charge in [0.2, 0.25) is 0 Å². The second-order valence-corrected chi connectivity index (χ2v) is 36.8. The Bertz CT molecular complexity index is 5630. The summed E-state index contributed by atoms with van der Waals surface area (Å²) < 4.78 is 73.5. The number of aliphatic hydroxyl groups excluding tert-OH is 3. The molecule has 31 nitrogen and oxygen atoms in total. The summed E-state index contributed by atoms with van der Waals surface area (Å²) in [5.41, 5.74) is -13.1. The third-order valence-corrected chi connectivity index (χ3v) is 28.4. The van der Waals surface area contributed by atoms with Crippen LogP contribution in [0.3, 0.4) is 0 Å². The van der Waals surface area contributed by atoms with Crippen molar-refractivity contribution < 1.29 is 140 Å². The molecule has 7 N–H and O–H groups in total. The summed E-state index contributed by atoms with van der Waals surface area (Å²) in [4.78, 5) is 169. The van der Waals surface area contributed by atoms with E-state index < -0.39 is 232 Å². The Morgan fingerprint density at radius 1 is 0.436 bits per heavy atom. The minimum Gasteiger partial charge on any atom is -0.456 e. The first-order valence-electron chi connectivity index (χ1n) is 44.1. The van der Waals surface area contributed by atoms with Crippen molar-refractivity contribution in [2.45, 2.75) is 223 Å². The largest absolute Gasteiger partial charge is 0.456 e. The number of esters is 8. The van der Waals surface area contributed by atoms with Crippen molar-refractivity contribution in [3.63, 3.8) is 0 Å². The fourth-order valence-corrected chi connectivity index (χ4v) is 21.4. The molecule has 4 bridgehead atoms. The number of carbonyl (C=O) groups excluding carboxylic acids is 12. The fourth-order valence-electron chi connectivity index (χ4n) is 21.4. The van der Waals surface area contributed by atoms with E-state index in [0.717, 1.165) is 26.3 Å². The number of amides is 2. The van der Waals surface area contributed by atoms with Gasteiger partial charge in [-0.1, -0.05) is 191 Å². The van der Waals surface area contributed by atoms with E-state index in [2.05, 4.69) is 10.6 Å². The van der Waals surface area contributed by atoms with Crippen LogP contribution in [-0.2, 0) is 102 Å². The summed E-state index contributed by atoms with van der Waals surface area (Å²) in [6.45, 7) is 15.8. The average Bonchev–Trinajstić information content (AvgIpc) is 0.670. The molecule has 4 saturated carbocycles. The molecule has 0 radical (unpaired) electrons. The van der Waals surface area contributed by atoms with Gasteiger partial charge in [0, 0.05) is 75.3 Å². The van der Waals surface area contributed by atoms with Crippen LogP contribution in [0, 0.1) is 33.5 Å². The summed E-state index contributed by atoms with van der Waals surface area (Å²) in [6, 6.07) is 55.9. The molecule has 0 aromatic heterocycles. The zero-order chi connectivity index (χ0) is 95.8. The smallest absolute Gasteiger partial charge is 0.338 e. The molecule has 2 unspecified atom stereocenters. The Morgan fingerprint density at radius 2 is 0.774 bits per heavy atom. The van der Waals surface area contributed by atoms with Crippen LogP contribution in [0.4, 0.5) is 0 Å². The first-order chi connectivity index (χ1) is 63.1. The Kier molecular flexibility index (Phi) is 27.9. The second-order valence-electron chi connectivity index (χ2n) is 36.8. The maximum atomic E-state index is 15.7. The topological polar surface area (TPSA) is 441 Å². The van der Waals surface area contributed by atoms with Gasteiger partial charge in [-0.05, 0) is 115 Å². The van der Waals surface area contributed by atoms with Gasteiger partial charge in [0.1, 0.15) is 54.6 Å². The highest BCUT2D eigenvalue weighted by Crippen LogP contribution is 2.67. The van der Waals surface area contributed by atoms with Gasteiger partial charge in [-0.2, -0.15) is 0 Å². The van der Waals surface area contributed by atoms with Crippen molar-refractivity contribution in [3.05, 3.63) is 274 Å². The van der Waals surface area contributed by atoms with Gasteiger partial charge < -0.3 is 93.0 Å². The van der Waals surface area contributed by atoms with Crippen LogP contribution in [0.15, 0.2) is 235 Å². The summed E-state index contributed by atoms with van der Waals surface area (Å²) in [7, 11) is 0. The lowest BCUT2D eigenvalue weighted by molar-refractivity contribution is -0.346. The zero-order valence-electron chi connectivity index (χ0n) is 75.6. The summed E-state index contributed by atoms with van der Waals surface area (Å²) in [6.07, 6.45) is -20.6. The van der Waals surface area contributed by atoms with E-state index in [1.54, 1.807) is 192 Å². The average molecular weight is 1830 g/mol. The molecule has 2 aliphatic heterocycles. The zero-order valence-corrected chi connectivity index (χ0v) is 75.6. The normalized spacial score (nSPS) is 30.5. The number of hydrogen-bond acceptors (Lipinski definition) is 29. The van der Waals surface area contributed by atoms with Gasteiger partial charge in [-0.15, -0.1) is 0 Å². The van der Waals surface area contributed by atoms with E-state index in [9.17, 15) is 68.7 Å². The Balaban J connectivity index is 0.000000216. The van der Waals surface area contributed by atoms with Gasteiger partial charge in [0.15, 0.2) is 47.2 Å². The Hall–Kier alpha value is -12.3. The maximum absolute atomic E-state index is 15.7. The Morgan fingerprint density at radius 3 is 1.13 bits per heavy atom. The fraction of sp³-hybridized carbons (Fsp3) is 0.431. The number of ether oxygens (including phenoxy) is 12. The highest BCUT2D eigenvalue weighted by atomic mass is 16.7. The van der Waals surface area contributed by atoms with Crippen molar-refractivity contribution in [1.82, 2.24) is 10.6 Å². The number of aliphatic hydroxyl groups is 5. The van der Waals surface area contributed by atoms with Crippen LogP contribution in [0.5, 0.6) is 0 Å². The van der Waals surface area contributed by atoms with Crippen LogP contribution in [0.2, 0.25) is 0 Å². The molecule has 31 heteroatoms. The van der Waals surface area contributed by atoms with Crippen LogP contribution in [-0.4, -0.2) is 212 Å². The number of ketones is 2. The number of carbonyl (C=O) groups is 12. The molecule has 2 amide bonds. The number of rotatable bonds is 25. The first kappa shape index (κ1) is 96.7. The lowest BCUT2D eigenvalue weighted by Crippen LogP contribution is -2.82. The lowest BCUT2D eigenvalue weighted by Gasteiger charge is -2.67. The minimum atomic E-state index is -2.40. The van der Waals surface area contributed by atoms with Gasteiger partial charge in [-0.3, -0.25) is 38.4 Å². The molecule has 2 saturated heterocycles. The number of benzene rings is 7. The van der Waals surface area contributed by atoms with E-state index in [-0.39, 0.29) is 71.6 Å². The monoisotopic (exact) mass is 1830 g/mol. The van der Waals surface area contributed by atoms with E-state index in [4.69, 9.17) is 56.8 Å². The standard InChI is InChI=1S/C55H59NO15.C47H51NO14/c1-32-39(69-51(63)45(67-31-65-29-35-19-11-7-12-20-35)43(36-21-13-8-14-22-36)56-49(61)37-23-15-9-16-24-37)28-55(64)48(70-50(62)38-25-17-10-18-26-38)46-53(6,40(59)27-41-54(46,30-66-41)71-34(3)58)47(60)44(68-33(2)57)42(32)52(55,4)5;1-25-31(60-43(56)36(52)35(28-16-10-7-11-17-28)48-41(54)29-18-12-8-13-19-29)23-47(57)40(61-42(55)30-20-14-9-15-21-30)38-45(6,32(51)22-33-46(38,24-58-33)62-27(3)50)39(53)37(59-26(2)49)34(25)44(47,4)5/h7-26,39-41,43-46,48,59,64H,27-31H2,1-6H3,(H,56,61);7-21,31-33,35-38,40,51-52,57H,22-24H2,1-6H3,(H,48,54)/t39-,40-,41+,43-,44+,45+,46?,48-,53+,54-,55+;31-,32-,33+,35-,36+,37+,38?,40-,45+,46-,47+/m00/s1. The molecular weight excluding hydrogens is 1720 g/mol. The molecule has 2 heterocycles. The predicted molar refractivity (Wildman–Crippen MR) is 470 cm³/mol. The molecular formula is C102H110N2O29. The van der Waals surface area contributed by atoms with Crippen molar-refractivity contribution >= 4 is 71.1 Å². The minimum absolute atomic E-state index is 0.00289. The van der Waals surface area contributed by atoms with Crippen LogP contribution in [0.25, 0.3) is 0 Å². The number of nitrogens with one attached hydrogen (secondary N) is 2. The Labute approximate surface area is 768 Å². The van der Waals surface area contributed by atoms with E-state index >= 15 is 14.4 Å². The van der Waals surface area contributed by atoms with Crippen molar-refractivity contribution in [3.8, 4) is 0 Å². The van der Waals surface area contributed by atoms with Gasteiger partial charge >= 0.3 is 47.8 Å². The summed E-state index contributed by atoms with van der Waals surface area (Å²) in [5.74, 6) is -13.4. The quantitative estimate of drug-likeness (QED) is 0.00919. The molecule has 22 atom stereocenters. The molecule has 7 aromatic rings. The summed E-state index contributed by atoms with van der Waals surface area (Å²) in [5, 5.41) is 69.4. The maximum Gasteiger partial charge on any atom is 0.338 e. The van der Waals surface area contributed by atoms with Crippen LogP contribution < -0.4 is 10.6 Å². The highest BCUT2D eigenvalue weighted by Gasteiger charge is 2.81. The molecule has 0 spiro atoms. The highest BCUT2D eigenvalue weighted by molar-refractivity contribution is 5.99. The lowest BCUT2D eigenvalue weighted by atomic mass is 9.44. The third kappa shape index (κ3) is 17.9.